The molecule has 0 saturated carbocycles. The third-order valence-electron chi connectivity index (χ3n) is 2.96. The van der Waals surface area contributed by atoms with Gasteiger partial charge in [0.25, 0.3) is 5.69 Å². The molecule has 0 fully saturated rings. The zero-order valence-corrected chi connectivity index (χ0v) is 13.3. The standard InChI is InChI=1S/C14H11BrClFN2O2/c1-8(11-4-2-9(15)6-12(11)16)18-13-5-3-10(17)7-14(13)19(20)21/h2-8,18H,1H3. The Morgan fingerprint density at radius 3 is 2.67 bits per heavy atom. The molecule has 0 amide bonds. The van der Waals surface area contributed by atoms with E-state index in [1.54, 1.807) is 6.07 Å². The monoisotopic (exact) mass is 372 g/mol. The molecule has 0 bridgehead atoms. The summed E-state index contributed by atoms with van der Waals surface area (Å²) in [5, 5.41) is 14.5. The van der Waals surface area contributed by atoms with Crippen LogP contribution in [0.25, 0.3) is 0 Å². The maximum Gasteiger partial charge on any atom is 0.295 e. The SMILES string of the molecule is CC(Nc1ccc(F)cc1[N+](=O)[O-])c1ccc(Br)cc1Cl. The first-order valence-electron chi connectivity index (χ1n) is 6.04. The van der Waals surface area contributed by atoms with Gasteiger partial charge < -0.3 is 5.32 Å². The smallest absolute Gasteiger partial charge is 0.295 e. The molecule has 0 radical (unpaired) electrons. The highest BCUT2D eigenvalue weighted by atomic mass is 79.9. The fourth-order valence-electron chi connectivity index (χ4n) is 1.94. The van der Waals surface area contributed by atoms with E-state index in [2.05, 4.69) is 21.2 Å². The van der Waals surface area contributed by atoms with Crippen molar-refractivity contribution in [2.75, 3.05) is 5.32 Å². The summed E-state index contributed by atoms with van der Waals surface area (Å²) in [5.41, 5.74) is 0.724. The summed E-state index contributed by atoms with van der Waals surface area (Å²) in [6.07, 6.45) is 0. The van der Waals surface area contributed by atoms with Gasteiger partial charge in [-0.3, -0.25) is 10.1 Å². The molecule has 2 aromatic carbocycles. The Bertz CT molecular complexity index is 697. The number of nitro groups is 1. The Morgan fingerprint density at radius 2 is 2.05 bits per heavy atom. The lowest BCUT2D eigenvalue weighted by Gasteiger charge is -2.17. The number of benzene rings is 2. The number of rotatable bonds is 4. The summed E-state index contributed by atoms with van der Waals surface area (Å²) in [6.45, 7) is 1.82. The van der Waals surface area contributed by atoms with Gasteiger partial charge in [0.2, 0.25) is 0 Å². The fourth-order valence-corrected chi connectivity index (χ4v) is 2.78. The van der Waals surface area contributed by atoms with E-state index in [9.17, 15) is 14.5 Å². The van der Waals surface area contributed by atoms with E-state index in [4.69, 9.17) is 11.6 Å². The van der Waals surface area contributed by atoms with Gasteiger partial charge in [-0.1, -0.05) is 33.6 Å². The van der Waals surface area contributed by atoms with Crippen molar-refractivity contribution in [2.45, 2.75) is 13.0 Å². The summed E-state index contributed by atoms with van der Waals surface area (Å²) in [5.74, 6) is -0.651. The van der Waals surface area contributed by atoms with E-state index in [0.717, 1.165) is 16.1 Å². The van der Waals surface area contributed by atoms with Crippen molar-refractivity contribution in [1.29, 1.82) is 0 Å². The molecule has 1 N–H and O–H groups in total. The Balaban J connectivity index is 2.31. The van der Waals surface area contributed by atoms with Crippen LogP contribution in [0.15, 0.2) is 40.9 Å². The van der Waals surface area contributed by atoms with Crippen molar-refractivity contribution >= 4 is 38.9 Å². The summed E-state index contributed by atoms with van der Waals surface area (Å²) in [4.78, 5) is 10.3. The van der Waals surface area contributed by atoms with Crippen molar-refractivity contribution < 1.29 is 9.31 Å². The van der Waals surface area contributed by atoms with Gasteiger partial charge in [0.1, 0.15) is 11.5 Å². The molecule has 0 spiro atoms. The minimum atomic E-state index is -0.651. The van der Waals surface area contributed by atoms with Crippen LogP contribution in [0.4, 0.5) is 15.8 Å². The van der Waals surface area contributed by atoms with Gasteiger partial charge in [0.15, 0.2) is 0 Å². The molecule has 21 heavy (non-hydrogen) atoms. The van der Waals surface area contributed by atoms with Gasteiger partial charge in [0, 0.05) is 9.50 Å². The Morgan fingerprint density at radius 1 is 1.33 bits per heavy atom. The first-order chi connectivity index (χ1) is 9.88. The maximum absolute atomic E-state index is 13.1. The first-order valence-corrected chi connectivity index (χ1v) is 7.21. The van der Waals surface area contributed by atoms with Gasteiger partial charge in [-0.15, -0.1) is 0 Å². The molecule has 0 aliphatic carbocycles. The fraction of sp³-hybridized carbons (Fsp3) is 0.143. The molecular formula is C14H11BrClFN2O2. The molecule has 0 aliphatic rings. The summed E-state index contributed by atoms with van der Waals surface area (Å²) < 4.78 is 14.0. The van der Waals surface area contributed by atoms with Crippen LogP contribution in [0.2, 0.25) is 5.02 Å². The van der Waals surface area contributed by atoms with E-state index in [1.165, 1.54) is 12.1 Å². The molecule has 110 valence electrons. The van der Waals surface area contributed by atoms with Crippen molar-refractivity contribution in [3.8, 4) is 0 Å². The molecule has 2 aromatic rings. The largest absolute Gasteiger partial charge is 0.373 e. The topological polar surface area (TPSA) is 55.2 Å². The third kappa shape index (κ3) is 3.71. The van der Waals surface area contributed by atoms with Crippen molar-refractivity contribution in [3.63, 3.8) is 0 Å². The summed E-state index contributed by atoms with van der Waals surface area (Å²) in [6, 6.07) is 8.53. The molecule has 0 heterocycles. The minimum Gasteiger partial charge on any atom is -0.373 e. The third-order valence-corrected chi connectivity index (χ3v) is 3.78. The van der Waals surface area contributed by atoms with E-state index >= 15 is 0 Å². The van der Waals surface area contributed by atoms with Crippen LogP contribution in [0.1, 0.15) is 18.5 Å². The lowest BCUT2D eigenvalue weighted by atomic mass is 10.1. The first kappa shape index (κ1) is 15.7. The summed E-state index contributed by atoms with van der Waals surface area (Å²) in [7, 11) is 0. The quantitative estimate of drug-likeness (QED) is 0.582. The molecular weight excluding hydrogens is 363 g/mol. The molecule has 0 aromatic heterocycles. The molecule has 2 rings (SSSR count). The average Bonchev–Trinajstić information content (AvgIpc) is 2.40. The minimum absolute atomic E-state index is 0.243. The van der Waals surface area contributed by atoms with E-state index in [-0.39, 0.29) is 17.4 Å². The Labute approximate surface area is 134 Å². The predicted octanol–water partition coefficient (Wildman–Crippen LogP) is 5.32. The molecule has 1 atom stereocenters. The highest BCUT2D eigenvalue weighted by molar-refractivity contribution is 9.10. The molecule has 4 nitrogen and oxygen atoms in total. The van der Waals surface area contributed by atoms with Crippen LogP contribution in [0.5, 0.6) is 0 Å². The van der Waals surface area contributed by atoms with Gasteiger partial charge in [-0.05, 0) is 36.8 Å². The van der Waals surface area contributed by atoms with E-state index in [1.807, 2.05) is 19.1 Å². The Kier molecular flexibility index (Phi) is 4.80. The lowest BCUT2D eigenvalue weighted by Crippen LogP contribution is -2.09. The van der Waals surface area contributed by atoms with Crippen LogP contribution in [0, 0.1) is 15.9 Å². The lowest BCUT2D eigenvalue weighted by molar-refractivity contribution is -0.384. The number of hydrogen-bond acceptors (Lipinski definition) is 3. The number of halogens is 3. The average molecular weight is 374 g/mol. The van der Waals surface area contributed by atoms with Gasteiger partial charge in [-0.25, -0.2) is 4.39 Å². The highest BCUT2D eigenvalue weighted by Crippen LogP contribution is 2.32. The van der Waals surface area contributed by atoms with Crippen molar-refractivity contribution in [2.24, 2.45) is 0 Å². The van der Waals surface area contributed by atoms with Crippen LogP contribution in [-0.2, 0) is 0 Å². The van der Waals surface area contributed by atoms with Crippen LogP contribution in [-0.4, -0.2) is 4.92 Å². The van der Waals surface area contributed by atoms with Gasteiger partial charge in [0.05, 0.1) is 17.0 Å². The van der Waals surface area contributed by atoms with Crippen LogP contribution < -0.4 is 5.32 Å². The second-order valence-electron chi connectivity index (χ2n) is 4.45. The van der Waals surface area contributed by atoms with Gasteiger partial charge in [-0.2, -0.15) is 0 Å². The number of nitrogens with zero attached hydrogens (tertiary/aromatic N) is 1. The van der Waals surface area contributed by atoms with Crippen molar-refractivity contribution in [1.82, 2.24) is 0 Å². The van der Waals surface area contributed by atoms with E-state index < -0.39 is 10.7 Å². The second kappa shape index (κ2) is 6.41. The van der Waals surface area contributed by atoms with Crippen molar-refractivity contribution in [3.05, 3.63) is 67.4 Å². The number of nitro benzene ring substituents is 1. The number of anilines is 1. The summed E-state index contributed by atoms with van der Waals surface area (Å²) >= 11 is 9.47. The Hall–Kier alpha value is -1.66. The maximum atomic E-state index is 13.1. The molecule has 0 saturated heterocycles. The predicted molar refractivity (Wildman–Crippen MR) is 84.2 cm³/mol. The second-order valence-corrected chi connectivity index (χ2v) is 5.77. The van der Waals surface area contributed by atoms with E-state index in [0.29, 0.717) is 5.02 Å². The normalized spacial score (nSPS) is 12.0. The zero-order valence-electron chi connectivity index (χ0n) is 10.9. The number of hydrogen-bond donors (Lipinski definition) is 1. The molecule has 7 heteroatoms. The molecule has 0 aliphatic heterocycles. The zero-order chi connectivity index (χ0) is 15.6. The highest BCUT2D eigenvalue weighted by Gasteiger charge is 2.18. The van der Waals surface area contributed by atoms with Gasteiger partial charge >= 0.3 is 0 Å². The van der Waals surface area contributed by atoms with Crippen LogP contribution >= 0.6 is 27.5 Å². The number of nitrogens with one attached hydrogen (secondary N) is 1. The van der Waals surface area contributed by atoms with Crippen LogP contribution in [0.3, 0.4) is 0 Å². The molecule has 1 unspecified atom stereocenters.